The first-order chi connectivity index (χ1) is 9.80. The first-order valence-electron chi connectivity index (χ1n) is 7.56. The van der Waals surface area contributed by atoms with Gasteiger partial charge in [-0.2, -0.15) is 0 Å². The molecule has 0 spiro atoms. The Balaban J connectivity index is 2.18. The van der Waals surface area contributed by atoms with Gasteiger partial charge >= 0.3 is 0 Å². The Bertz CT molecular complexity index is 493. The number of amides is 1. The maximum Gasteiger partial charge on any atom is 0.230 e. The van der Waals surface area contributed by atoms with Gasteiger partial charge in [-0.05, 0) is 26.2 Å². The molecule has 21 heavy (non-hydrogen) atoms. The van der Waals surface area contributed by atoms with Gasteiger partial charge in [0.1, 0.15) is 0 Å². The second kappa shape index (κ2) is 6.22. The molecule has 0 bridgehead atoms. The fourth-order valence-corrected chi connectivity index (χ4v) is 5.18. The summed E-state index contributed by atoms with van der Waals surface area (Å²) in [6.07, 6.45) is 3.09. The van der Waals surface area contributed by atoms with Gasteiger partial charge in [0.05, 0.1) is 23.5 Å². The lowest BCUT2D eigenvalue weighted by Crippen LogP contribution is -2.53. The third kappa shape index (κ3) is 3.40. The monoisotopic (exact) mass is 318 g/mol. The van der Waals surface area contributed by atoms with Crippen LogP contribution in [0, 0.1) is 5.41 Å². The fraction of sp³-hybridized carbons (Fsp3) is 0.929. The summed E-state index contributed by atoms with van der Waals surface area (Å²) in [5, 5.41) is 0. The Hall–Kier alpha value is -0.660. The number of nitrogens with zero attached hydrogens (tertiary/aromatic N) is 1. The van der Waals surface area contributed by atoms with Crippen molar-refractivity contribution >= 4 is 15.7 Å². The zero-order valence-corrected chi connectivity index (χ0v) is 13.7. The molecule has 1 amide bonds. The molecule has 2 N–H and O–H groups in total. The van der Waals surface area contributed by atoms with Crippen molar-refractivity contribution in [2.24, 2.45) is 11.1 Å². The van der Waals surface area contributed by atoms with Gasteiger partial charge in [0.25, 0.3) is 0 Å². The number of ether oxygens (including phenoxy) is 1. The van der Waals surface area contributed by atoms with E-state index in [1.165, 1.54) is 0 Å². The molecule has 1 saturated heterocycles. The van der Waals surface area contributed by atoms with Gasteiger partial charge in [-0.25, -0.2) is 8.42 Å². The van der Waals surface area contributed by atoms with Crippen LogP contribution in [0.15, 0.2) is 0 Å². The predicted octanol–water partition coefficient (Wildman–Crippen LogP) is 0.166. The number of hydrogen-bond acceptors (Lipinski definition) is 5. The Kier molecular flexibility index (Phi) is 4.95. The molecule has 0 radical (unpaired) electrons. The van der Waals surface area contributed by atoms with Crippen molar-refractivity contribution in [1.82, 2.24) is 4.90 Å². The predicted molar refractivity (Wildman–Crippen MR) is 80.6 cm³/mol. The van der Waals surface area contributed by atoms with Crippen molar-refractivity contribution in [3.05, 3.63) is 0 Å². The van der Waals surface area contributed by atoms with E-state index in [4.69, 9.17) is 10.5 Å². The van der Waals surface area contributed by atoms with Crippen LogP contribution in [0.4, 0.5) is 0 Å². The molecule has 0 aromatic heterocycles. The molecule has 3 unspecified atom stereocenters. The number of carbonyl (C=O) groups excluding carboxylic acids is 1. The zero-order chi connectivity index (χ0) is 15.7. The van der Waals surface area contributed by atoms with Crippen LogP contribution < -0.4 is 5.73 Å². The van der Waals surface area contributed by atoms with Gasteiger partial charge in [0, 0.05) is 25.7 Å². The number of methoxy groups -OCH3 is 1. The van der Waals surface area contributed by atoms with Crippen molar-refractivity contribution in [3.8, 4) is 0 Å². The molecular weight excluding hydrogens is 292 g/mol. The first kappa shape index (κ1) is 16.7. The molecule has 1 aliphatic heterocycles. The lowest BCUT2D eigenvalue weighted by molar-refractivity contribution is -0.144. The summed E-state index contributed by atoms with van der Waals surface area (Å²) < 4.78 is 28.5. The Morgan fingerprint density at radius 3 is 2.62 bits per heavy atom. The maximum atomic E-state index is 13.0. The van der Waals surface area contributed by atoms with Crippen molar-refractivity contribution in [2.45, 2.75) is 44.7 Å². The number of nitrogens with two attached hydrogens (primary N) is 1. The zero-order valence-electron chi connectivity index (χ0n) is 12.9. The third-order valence-corrected chi connectivity index (χ3v) is 6.71. The summed E-state index contributed by atoms with van der Waals surface area (Å²) in [7, 11) is -1.44. The molecule has 1 aliphatic carbocycles. The van der Waals surface area contributed by atoms with E-state index in [0.29, 0.717) is 19.6 Å². The second-order valence-corrected chi connectivity index (χ2v) is 8.69. The first-order valence-corrected chi connectivity index (χ1v) is 9.38. The van der Waals surface area contributed by atoms with Gasteiger partial charge in [-0.1, -0.05) is 6.42 Å². The summed E-state index contributed by atoms with van der Waals surface area (Å²) in [5.41, 5.74) is 5.57. The molecule has 6 nitrogen and oxygen atoms in total. The highest BCUT2D eigenvalue weighted by molar-refractivity contribution is 7.91. The molecule has 0 aromatic carbocycles. The Morgan fingerprint density at radius 1 is 1.43 bits per heavy atom. The van der Waals surface area contributed by atoms with Gasteiger partial charge in [0.15, 0.2) is 9.84 Å². The summed E-state index contributed by atoms with van der Waals surface area (Å²) in [6, 6.07) is -0.379. The molecule has 0 aromatic rings. The van der Waals surface area contributed by atoms with Crippen molar-refractivity contribution in [2.75, 3.05) is 31.8 Å². The second-order valence-electron chi connectivity index (χ2n) is 6.46. The fourth-order valence-electron chi connectivity index (χ4n) is 3.45. The Labute approximate surface area is 126 Å². The largest absolute Gasteiger partial charge is 0.383 e. The standard InChI is InChI=1S/C14H26N2O4S/c1-14(6-3-4-12(14)15)13(17)16(7-8-20-2)11-5-9-21(18,19)10-11/h11-12H,3-10,15H2,1-2H3. The van der Waals surface area contributed by atoms with Crippen molar-refractivity contribution < 1.29 is 17.9 Å². The lowest BCUT2D eigenvalue weighted by atomic mass is 9.83. The van der Waals surface area contributed by atoms with Crippen LogP contribution in [-0.4, -0.2) is 63.1 Å². The van der Waals surface area contributed by atoms with Gasteiger partial charge in [0.2, 0.25) is 5.91 Å². The average molecular weight is 318 g/mol. The summed E-state index contributed by atoms with van der Waals surface area (Å²) >= 11 is 0. The van der Waals surface area contributed by atoms with E-state index in [1.807, 2.05) is 6.92 Å². The van der Waals surface area contributed by atoms with Gasteiger partial charge < -0.3 is 15.4 Å². The van der Waals surface area contributed by atoms with E-state index < -0.39 is 15.3 Å². The van der Waals surface area contributed by atoms with E-state index >= 15 is 0 Å². The van der Waals surface area contributed by atoms with Crippen molar-refractivity contribution in [3.63, 3.8) is 0 Å². The van der Waals surface area contributed by atoms with Crippen LogP contribution in [-0.2, 0) is 19.4 Å². The van der Waals surface area contributed by atoms with Crippen molar-refractivity contribution in [1.29, 1.82) is 0 Å². The van der Waals surface area contributed by atoms with Crippen LogP contribution in [0.5, 0.6) is 0 Å². The molecule has 122 valence electrons. The van der Waals surface area contributed by atoms with Gasteiger partial charge in [-0.15, -0.1) is 0 Å². The van der Waals surface area contributed by atoms with E-state index in [1.54, 1.807) is 12.0 Å². The van der Waals surface area contributed by atoms with E-state index in [-0.39, 0.29) is 29.5 Å². The number of rotatable bonds is 5. The van der Waals surface area contributed by atoms with E-state index in [2.05, 4.69) is 0 Å². The minimum atomic E-state index is -3.02. The maximum absolute atomic E-state index is 13.0. The highest BCUT2D eigenvalue weighted by atomic mass is 32.2. The molecule has 2 rings (SSSR count). The topological polar surface area (TPSA) is 89.7 Å². The third-order valence-electron chi connectivity index (χ3n) is 4.96. The SMILES string of the molecule is COCCN(C(=O)C1(C)CCCC1N)C1CCS(=O)(=O)C1. The van der Waals surface area contributed by atoms with Crippen LogP contribution in [0.25, 0.3) is 0 Å². The number of hydrogen-bond donors (Lipinski definition) is 1. The summed E-state index contributed by atoms with van der Waals surface area (Å²) in [4.78, 5) is 14.7. The van der Waals surface area contributed by atoms with E-state index in [9.17, 15) is 13.2 Å². The normalized spacial score (nSPS) is 35.0. The minimum Gasteiger partial charge on any atom is -0.383 e. The molecule has 1 heterocycles. The Morgan fingerprint density at radius 2 is 2.14 bits per heavy atom. The lowest BCUT2D eigenvalue weighted by Gasteiger charge is -2.37. The molecule has 2 fully saturated rings. The van der Waals surface area contributed by atoms with Crippen LogP contribution in [0.3, 0.4) is 0 Å². The van der Waals surface area contributed by atoms with E-state index in [0.717, 1.165) is 19.3 Å². The minimum absolute atomic E-state index is 0.00773. The smallest absolute Gasteiger partial charge is 0.230 e. The van der Waals surface area contributed by atoms with Gasteiger partial charge in [-0.3, -0.25) is 4.79 Å². The highest BCUT2D eigenvalue weighted by Crippen LogP contribution is 2.39. The molecule has 1 saturated carbocycles. The summed E-state index contributed by atoms with van der Waals surface area (Å²) in [6.45, 7) is 2.75. The number of carbonyl (C=O) groups is 1. The van der Waals surface area contributed by atoms with Crippen LogP contribution in [0.2, 0.25) is 0 Å². The number of sulfone groups is 1. The summed E-state index contributed by atoms with van der Waals surface area (Å²) in [5.74, 6) is 0.219. The van der Waals surface area contributed by atoms with Crippen LogP contribution in [0.1, 0.15) is 32.6 Å². The molecule has 2 aliphatic rings. The molecule has 3 atom stereocenters. The quantitative estimate of drug-likeness (QED) is 0.780. The van der Waals surface area contributed by atoms with Crippen LogP contribution >= 0.6 is 0 Å². The molecular formula is C14H26N2O4S. The molecule has 7 heteroatoms. The average Bonchev–Trinajstić information content (AvgIpc) is 2.94. The highest BCUT2D eigenvalue weighted by Gasteiger charge is 2.47.